The van der Waals surface area contributed by atoms with Gasteiger partial charge in [-0.3, -0.25) is 4.79 Å². The van der Waals surface area contributed by atoms with Crippen molar-refractivity contribution in [2.75, 3.05) is 40.5 Å². The number of rotatable bonds is 8. The van der Waals surface area contributed by atoms with Gasteiger partial charge in [0.2, 0.25) is 5.91 Å². The van der Waals surface area contributed by atoms with Gasteiger partial charge in [-0.25, -0.2) is 0 Å². The van der Waals surface area contributed by atoms with Gasteiger partial charge < -0.3 is 20.1 Å². The molecule has 1 fully saturated rings. The van der Waals surface area contributed by atoms with Crippen LogP contribution in [0.1, 0.15) is 26.2 Å². The third-order valence-corrected chi connectivity index (χ3v) is 3.86. The van der Waals surface area contributed by atoms with Crippen LogP contribution in [0.2, 0.25) is 0 Å². The molecule has 1 heterocycles. The highest BCUT2D eigenvalue weighted by Crippen LogP contribution is 2.22. The van der Waals surface area contributed by atoms with Crippen LogP contribution in [0.15, 0.2) is 0 Å². The molecule has 0 bridgehead atoms. The van der Waals surface area contributed by atoms with Crippen molar-refractivity contribution in [3.8, 4) is 0 Å². The molecule has 5 heteroatoms. The Balaban J connectivity index is 2.21. The Bertz CT molecular complexity index is 255. The maximum atomic E-state index is 11.9. The number of amides is 1. The molecule has 1 aliphatic rings. The number of carbonyl (C=O) groups is 1. The number of ether oxygens (including phenoxy) is 2. The van der Waals surface area contributed by atoms with Gasteiger partial charge in [0.1, 0.15) is 0 Å². The second-order valence-electron chi connectivity index (χ2n) is 5.40. The van der Waals surface area contributed by atoms with E-state index in [2.05, 4.69) is 17.6 Å². The van der Waals surface area contributed by atoms with Gasteiger partial charge in [-0.1, -0.05) is 6.92 Å². The van der Waals surface area contributed by atoms with Crippen LogP contribution < -0.4 is 10.6 Å². The van der Waals surface area contributed by atoms with E-state index in [1.807, 2.05) is 0 Å². The van der Waals surface area contributed by atoms with Crippen molar-refractivity contribution in [2.45, 2.75) is 32.3 Å². The molecule has 1 aliphatic heterocycles. The summed E-state index contributed by atoms with van der Waals surface area (Å²) in [5.74, 6) is 1.16. The first kappa shape index (κ1) is 16.4. The molecule has 0 aliphatic carbocycles. The summed E-state index contributed by atoms with van der Waals surface area (Å²) >= 11 is 0. The minimum Gasteiger partial charge on any atom is -0.382 e. The molecular weight excluding hydrogens is 244 g/mol. The molecule has 0 saturated carbocycles. The molecule has 5 nitrogen and oxygen atoms in total. The van der Waals surface area contributed by atoms with Crippen molar-refractivity contribution < 1.29 is 14.3 Å². The predicted octanol–water partition coefficient (Wildman–Crippen LogP) is 0.790. The monoisotopic (exact) mass is 272 g/mol. The number of methoxy groups -OCH3 is 2. The zero-order chi connectivity index (χ0) is 14.1. The lowest BCUT2D eigenvalue weighted by Gasteiger charge is -2.28. The molecule has 112 valence electrons. The van der Waals surface area contributed by atoms with Crippen LogP contribution >= 0.6 is 0 Å². The molecule has 0 aromatic heterocycles. The van der Waals surface area contributed by atoms with E-state index in [1.165, 1.54) is 12.8 Å². The fourth-order valence-corrected chi connectivity index (χ4v) is 2.52. The first-order valence-electron chi connectivity index (χ1n) is 7.16. The Labute approximate surface area is 116 Å². The highest BCUT2D eigenvalue weighted by molar-refractivity contribution is 5.76. The standard InChI is InChI=1S/C14H28N2O3/c1-11(12-5-4-6-15-8-12)7-14(17)16-9-13(19-3)10-18-2/h11-13,15H,4-10H2,1-3H3,(H,16,17). The van der Waals surface area contributed by atoms with Gasteiger partial charge in [0.05, 0.1) is 12.7 Å². The molecule has 0 aromatic carbocycles. The van der Waals surface area contributed by atoms with Crippen molar-refractivity contribution in [2.24, 2.45) is 11.8 Å². The van der Waals surface area contributed by atoms with Crippen molar-refractivity contribution in [1.29, 1.82) is 0 Å². The third-order valence-electron chi connectivity index (χ3n) is 3.86. The summed E-state index contributed by atoms with van der Waals surface area (Å²) in [5, 5.41) is 6.32. The van der Waals surface area contributed by atoms with Crippen molar-refractivity contribution >= 4 is 5.91 Å². The smallest absolute Gasteiger partial charge is 0.220 e. The lowest BCUT2D eigenvalue weighted by Crippen LogP contribution is -2.38. The predicted molar refractivity (Wildman–Crippen MR) is 75.1 cm³/mol. The zero-order valence-corrected chi connectivity index (χ0v) is 12.4. The van der Waals surface area contributed by atoms with E-state index in [1.54, 1.807) is 14.2 Å². The fourth-order valence-electron chi connectivity index (χ4n) is 2.52. The summed E-state index contributed by atoms with van der Waals surface area (Å²) < 4.78 is 10.2. The van der Waals surface area contributed by atoms with E-state index >= 15 is 0 Å². The van der Waals surface area contributed by atoms with Crippen LogP contribution in [-0.2, 0) is 14.3 Å². The van der Waals surface area contributed by atoms with Crippen molar-refractivity contribution in [3.05, 3.63) is 0 Å². The average molecular weight is 272 g/mol. The van der Waals surface area contributed by atoms with Gasteiger partial charge in [-0.05, 0) is 37.8 Å². The number of nitrogens with one attached hydrogen (secondary N) is 2. The molecule has 0 radical (unpaired) electrons. The second-order valence-corrected chi connectivity index (χ2v) is 5.40. The number of hydrogen-bond acceptors (Lipinski definition) is 4. The van der Waals surface area contributed by atoms with Gasteiger partial charge >= 0.3 is 0 Å². The van der Waals surface area contributed by atoms with Crippen LogP contribution in [0.4, 0.5) is 0 Å². The SMILES string of the molecule is COCC(CNC(=O)CC(C)C1CCCNC1)OC. The largest absolute Gasteiger partial charge is 0.382 e. The molecule has 0 aromatic rings. The van der Waals surface area contributed by atoms with Gasteiger partial charge in [0.15, 0.2) is 0 Å². The number of carbonyl (C=O) groups excluding carboxylic acids is 1. The maximum absolute atomic E-state index is 11.9. The molecule has 0 spiro atoms. The summed E-state index contributed by atoms with van der Waals surface area (Å²) in [7, 11) is 3.26. The van der Waals surface area contributed by atoms with E-state index in [-0.39, 0.29) is 12.0 Å². The van der Waals surface area contributed by atoms with Crippen molar-refractivity contribution in [1.82, 2.24) is 10.6 Å². The van der Waals surface area contributed by atoms with E-state index < -0.39 is 0 Å². The maximum Gasteiger partial charge on any atom is 0.220 e. The lowest BCUT2D eigenvalue weighted by atomic mass is 9.85. The van der Waals surface area contributed by atoms with E-state index in [9.17, 15) is 4.79 Å². The Morgan fingerprint density at radius 1 is 1.47 bits per heavy atom. The van der Waals surface area contributed by atoms with Crippen LogP contribution in [0.5, 0.6) is 0 Å². The minimum atomic E-state index is -0.0689. The molecule has 3 atom stereocenters. The zero-order valence-electron chi connectivity index (χ0n) is 12.4. The average Bonchev–Trinajstić information content (AvgIpc) is 2.44. The highest BCUT2D eigenvalue weighted by Gasteiger charge is 2.22. The Morgan fingerprint density at radius 3 is 2.84 bits per heavy atom. The van der Waals surface area contributed by atoms with Gasteiger partial charge in [0, 0.05) is 27.2 Å². The molecule has 1 saturated heterocycles. The van der Waals surface area contributed by atoms with E-state index in [4.69, 9.17) is 9.47 Å². The molecule has 19 heavy (non-hydrogen) atoms. The Kier molecular flexibility index (Phi) is 8.02. The Morgan fingerprint density at radius 2 is 2.26 bits per heavy atom. The van der Waals surface area contributed by atoms with Gasteiger partial charge in [-0.15, -0.1) is 0 Å². The van der Waals surface area contributed by atoms with Crippen LogP contribution in [0, 0.1) is 11.8 Å². The normalized spacial score (nSPS) is 22.8. The lowest BCUT2D eigenvalue weighted by molar-refractivity contribution is -0.123. The number of hydrogen-bond donors (Lipinski definition) is 2. The van der Waals surface area contributed by atoms with E-state index in [0.29, 0.717) is 31.4 Å². The second kappa shape index (κ2) is 9.28. The summed E-state index contributed by atoms with van der Waals surface area (Å²) in [4.78, 5) is 11.9. The minimum absolute atomic E-state index is 0.0689. The fraction of sp³-hybridized carbons (Fsp3) is 0.929. The molecular formula is C14H28N2O3. The molecule has 1 amide bonds. The summed E-state index contributed by atoms with van der Waals surface area (Å²) in [6.45, 7) is 5.33. The van der Waals surface area contributed by atoms with Gasteiger partial charge in [0.25, 0.3) is 0 Å². The van der Waals surface area contributed by atoms with Crippen LogP contribution in [0.3, 0.4) is 0 Å². The first-order valence-corrected chi connectivity index (χ1v) is 7.16. The summed E-state index contributed by atoms with van der Waals surface area (Å²) in [5.41, 5.74) is 0. The van der Waals surface area contributed by atoms with Crippen molar-refractivity contribution in [3.63, 3.8) is 0 Å². The third kappa shape index (κ3) is 6.36. The van der Waals surface area contributed by atoms with Crippen LogP contribution in [0.25, 0.3) is 0 Å². The van der Waals surface area contributed by atoms with E-state index in [0.717, 1.165) is 13.1 Å². The summed E-state index contributed by atoms with van der Waals surface area (Å²) in [6.07, 6.45) is 2.97. The van der Waals surface area contributed by atoms with Crippen LogP contribution in [-0.4, -0.2) is 52.5 Å². The quantitative estimate of drug-likeness (QED) is 0.686. The summed E-state index contributed by atoms with van der Waals surface area (Å²) in [6, 6.07) is 0. The molecule has 1 rings (SSSR count). The molecule has 3 unspecified atom stereocenters. The molecule has 2 N–H and O–H groups in total. The topological polar surface area (TPSA) is 59.6 Å². The number of piperidine rings is 1. The Hall–Kier alpha value is -0.650. The highest BCUT2D eigenvalue weighted by atomic mass is 16.5. The van der Waals surface area contributed by atoms with Gasteiger partial charge in [-0.2, -0.15) is 0 Å². The first-order chi connectivity index (χ1) is 9.17.